The summed E-state index contributed by atoms with van der Waals surface area (Å²) < 4.78 is 5.20. The third kappa shape index (κ3) is 5.50. The molecule has 0 spiro atoms. The number of aliphatic hydroxyl groups excluding tert-OH is 1. The molecule has 0 heterocycles. The lowest BCUT2D eigenvalue weighted by molar-refractivity contribution is 0.0913. The maximum atomic E-state index is 8.53. The Bertz CT molecular complexity index is 145. The van der Waals surface area contributed by atoms with Gasteiger partial charge in [-0.05, 0) is 31.6 Å². The summed E-state index contributed by atoms with van der Waals surface area (Å²) in [7, 11) is 0. The molecule has 0 amide bonds. The van der Waals surface area contributed by atoms with Crippen LogP contribution in [0.15, 0.2) is 0 Å². The molecular weight excluding hydrogens is 190 g/mol. The van der Waals surface area contributed by atoms with Crippen LogP contribution in [0.3, 0.4) is 0 Å². The second kappa shape index (κ2) is 8.08. The van der Waals surface area contributed by atoms with E-state index in [1.807, 2.05) is 0 Å². The fourth-order valence-electron chi connectivity index (χ4n) is 2.28. The molecule has 2 N–H and O–H groups in total. The summed E-state index contributed by atoms with van der Waals surface area (Å²) in [4.78, 5) is 0. The average Bonchev–Trinajstić information content (AvgIpc) is 2.30. The number of hydrogen-bond acceptors (Lipinski definition) is 3. The molecule has 0 aromatic carbocycles. The Morgan fingerprint density at radius 3 is 2.53 bits per heavy atom. The van der Waals surface area contributed by atoms with Crippen LogP contribution in [0.1, 0.15) is 39.0 Å². The van der Waals surface area contributed by atoms with Crippen molar-refractivity contribution < 1.29 is 9.84 Å². The smallest absolute Gasteiger partial charge is 0.0698 e. The average molecular weight is 215 g/mol. The molecule has 0 bridgehead atoms. The van der Waals surface area contributed by atoms with Crippen LogP contribution in [0.25, 0.3) is 0 Å². The van der Waals surface area contributed by atoms with Gasteiger partial charge in [0.05, 0.1) is 19.8 Å². The molecule has 3 nitrogen and oxygen atoms in total. The molecule has 90 valence electrons. The van der Waals surface area contributed by atoms with Crippen LogP contribution in [-0.4, -0.2) is 37.5 Å². The van der Waals surface area contributed by atoms with Crippen LogP contribution in [0, 0.1) is 5.92 Å². The summed E-state index contributed by atoms with van der Waals surface area (Å²) in [6, 6.07) is 0.700. The molecule has 0 aromatic rings. The molecule has 1 saturated carbocycles. The Balaban J connectivity index is 1.94. The van der Waals surface area contributed by atoms with Gasteiger partial charge in [0.15, 0.2) is 0 Å². The van der Waals surface area contributed by atoms with E-state index in [9.17, 15) is 0 Å². The Hall–Kier alpha value is -0.120. The van der Waals surface area contributed by atoms with Crippen LogP contribution < -0.4 is 5.32 Å². The van der Waals surface area contributed by atoms with Crippen molar-refractivity contribution in [3.63, 3.8) is 0 Å². The van der Waals surface area contributed by atoms with Crippen molar-refractivity contribution >= 4 is 0 Å². The van der Waals surface area contributed by atoms with Crippen LogP contribution in [0.2, 0.25) is 0 Å². The molecule has 1 aliphatic carbocycles. The van der Waals surface area contributed by atoms with E-state index >= 15 is 0 Å². The van der Waals surface area contributed by atoms with Gasteiger partial charge in [0.2, 0.25) is 0 Å². The number of rotatable bonds is 7. The first-order valence-corrected chi connectivity index (χ1v) is 6.28. The Kier molecular flexibility index (Phi) is 6.98. The largest absolute Gasteiger partial charge is 0.394 e. The van der Waals surface area contributed by atoms with Gasteiger partial charge < -0.3 is 15.2 Å². The topological polar surface area (TPSA) is 41.5 Å². The van der Waals surface area contributed by atoms with Crippen LogP contribution in [0.4, 0.5) is 0 Å². The fraction of sp³-hybridized carbons (Fsp3) is 1.00. The van der Waals surface area contributed by atoms with E-state index < -0.39 is 0 Å². The van der Waals surface area contributed by atoms with Gasteiger partial charge in [0, 0.05) is 12.6 Å². The van der Waals surface area contributed by atoms with Crippen molar-refractivity contribution in [1.82, 2.24) is 5.32 Å². The molecule has 0 radical (unpaired) electrons. The lowest BCUT2D eigenvalue weighted by Crippen LogP contribution is -2.35. The quantitative estimate of drug-likeness (QED) is 0.633. The van der Waals surface area contributed by atoms with Gasteiger partial charge in [-0.15, -0.1) is 0 Å². The first-order chi connectivity index (χ1) is 7.36. The molecule has 0 atom stereocenters. The third-order valence-corrected chi connectivity index (χ3v) is 3.34. The summed E-state index contributed by atoms with van der Waals surface area (Å²) in [6.45, 7) is 4.52. The van der Waals surface area contributed by atoms with Crippen LogP contribution in [-0.2, 0) is 4.74 Å². The highest BCUT2D eigenvalue weighted by atomic mass is 16.5. The second-order valence-electron chi connectivity index (χ2n) is 4.42. The summed E-state index contributed by atoms with van der Waals surface area (Å²) >= 11 is 0. The van der Waals surface area contributed by atoms with E-state index in [0.717, 1.165) is 12.5 Å². The van der Waals surface area contributed by atoms with E-state index in [-0.39, 0.29) is 6.61 Å². The van der Waals surface area contributed by atoms with Crippen molar-refractivity contribution in [2.75, 3.05) is 26.4 Å². The van der Waals surface area contributed by atoms with E-state index in [0.29, 0.717) is 19.3 Å². The summed E-state index contributed by atoms with van der Waals surface area (Å²) in [6.07, 6.45) is 6.74. The van der Waals surface area contributed by atoms with E-state index in [4.69, 9.17) is 9.84 Å². The Labute approximate surface area is 93.2 Å². The lowest BCUT2D eigenvalue weighted by atomic mass is 9.84. The summed E-state index contributed by atoms with van der Waals surface area (Å²) in [5.74, 6) is 0.966. The van der Waals surface area contributed by atoms with Gasteiger partial charge in [0.25, 0.3) is 0 Å². The van der Waals surface area contributed by atoms with E-state index in [2.05, 4.69) is 12.2 Å². The van der Waals surface area contributed by atoms with E-state index in [1.165, 1.54) is 32.1 Å². The van der Waals surface area contributed by atoms with Crippen molar-refractivity contribution in [1.29, 1.82) is 0 Å². The molecular formula is C12H25NO2. The minimum Gasteiger partial charge on any atom is -0.394 e. The highest BCUT2D eigenvalue weighted by Crippen LogP contribution is 2.26. The number of nitrogens with one attached hydrogen (secondary N) is 1. The predicted molar refractivity (Wildman–Crippen MR) is 61.9 cm³/mol. The second-order valence-corrected chi connectivity index (χ2v) is 4.42. The fourth-order valence-corrected chi connectivity index (χ4v) is 2.28. The van der Waals surface area contributed by atoms with Gasteiger partial charge in [-0.1, -0.05) is 13.3 Å². The minimum atomic E-state index is 0.127. The molecule has 0 unspecified atom stereocenters. The maximum Gasteiger partial charge on any atom is 0.0698 e. The van der Waals surface area contributed by atoms with Crippen molar-refractivity contribution in [2.24, 2.45) is 5.92 Å². The monoisotopic (exact) mass is 215 g/mol. The number of ether oxygens (including phenoxy) is 1. The van der Waals surface area contributed by atoms with Gasteiger partial charge in [0.1, 0.15) is 0 Å². The van der Waals surface area contributed by atoms with Gasteiger partial charge >= 0.3 is 0 Å². The highest BCUT2D eigenvalue weighted by Gasteiger charge is 2.18. The van der Waals surface area contributed by atoms with E-state index in [1.54, 1.807) is 0 Å². The molecule has 0 saturated heterocycles. The SMILES string of the molecule is CCC1CCC(NCCOCCO)CC1. The standard InChI is InChI=1S/C12H25NO2/c1-2-11-3-5-12(6-4-11)13-7-9-15-10-8-14/h11-14H,2-10H2,1H3. The van der Waals surface area contributed by atoms with Crippen molar-refractivity contribution in [3.05, 3.63) is 0 Å². The lowest BCUT2D eigenvalue weighted by Gasteiger charge is -2.28. The zero-order chi connectivity index (χ0) is 10.9. The highest BCUT2D eigenvalue weighted by molar-refractivity contribution is 4.76. The number of aliphatic hydroxyl groups is 1. The summed E-state index contributed by atoms with van der Waals surface area (Å²) in [5, 5.41) is 12.0. The summed E-state index contributed by atoms with van der Waals surface area (Å²) in [5.41, 5.74) is 0. The Morgan fingerprint density at radius 2 is 1.93 bits per heavy atom. The van der Waals surface area contributed by atoms with Crippen molar-refractivity contribution in [2.45, 2.75) is 45.1 Å². The maximum absolute atomic E-state index is 8.53. The molecule has 1 aliphatic rings. The number of hydrogen-bond donors (Lipinski definition) is 2. The van der Waals surface area contributed by atoms with Crippen LogP contribution >= 0.6 is 0 Å². The normalized spacial score (nSPS) is 26.8. The predicted octanol–water partition coefficient (Wildman–Crippen LogP) is 1.55. The molecule has 0 aromatic heterocycles. The zero-order valence-corrected chi connectivity index (χ0v) is 9.87. The zero-order valence-electron chi connectivity index (χ0n) is 9.87. The molecule has 3 heteroatoms. The molecule has 0 aliphatic heterocycles. The third-order valence-electron chi connectivity index (χ3n) is 3.34. The van der Waals surface area contributed by atoms with Crippen LogP contribution in [0.5, 0.6) is 0 Å². The minimum absolute atomic E-state index is 0.127. The molecule has 15 heavy (non-hydrogen) atoms. The van der Waals surface area contributed by atoms with Gasteiger partial charge in [-0.2, -0.15) is 0 Å². The van der Waals surface area contributed by atoms with Gasteiger partial charge in [-0.25, -0.2) is 0 Å². The first kappa shape index (κ1) is 12.9. The Morgan fingerprint density at radius 1 is 1.20 bits per heavy atom. The molecule has 1 fully saturated rings. The van der Waals surface area contributed by atoms with Crippen molar-refractivity contribution in [3.8, 4) is 0 Å². The molecule has 1 rings (SSSR count). The first-order valence-electron chi connectivity index (χ1n) is 6.28. The van der Waals surface area contributed by atoms with Gasteiger partial charge in [-0.3, -0.25) is 0 Å².